The van der Waals surface area contributed by atoms with Crippen LogP contribution in [0.25, 0.3) is 21.9 Å². The van der Waals surface area contributed by atoms with Crippen molar-refractivity contribution in [2.24, 2.45) is 0 Å². The van der Waals surface area contributed by atoms with Crippen molar-refractivity contribution in [3.05, 3.63) is 66.2 Å². The van der Waals surface area contributed by atoms with Gasteiger partial charge in [0.05, 0.1) is 0 Å². The molecule has 0 aromatic heterocycles. The van der Waals surface area contributed by atoms with Gasteiger partial charge in [-0.3, -0.25) is 0 Å². The van der Waals surface area contributed by atoms with Gasteiger partial charge in [0.15, 0.2) is 0 Å². The zero-order valence-electron chi connectivity index (χ0n) is 10.7. The van der Waals surface area contributed by atoms with Gasteiger partial charge in [0.1, 0.15) is 0 Å². The van der Waals surface area contributed by atoms with Gasteiger partial charge in [-0.2, -0.15) is 0 Å². The summed E-state index contributed by atoms with van der Waals surface area (Å²) in [5, 5.41) is 6.01. The van der Waals surface area contributed by atoms with Crippen LogP contribution in [0.5, 0.6) is 0 Å². The highest BCUT2D eigenvalue weighted by Gasteiger charge is 2.10. The van der Waals surface area contributed by atoms with E-state index in [1.165, 1.54) is 33.2 Å². The quantitative estimate of drug-likeness (QED) is 0.666. The van der Waals surface area contributed by atoms with Crippen molar-refractivity contribution in [1.29, 1.82) is 0 Å². The molecule has 0 unspecified atom stereocenters. The Labute approximate surface area is 112 Å². The van der Waals surface area contributed by atoms with Crippen molar-refractivity contribution in [2.45, 2.75) is 6.42 Å². The first-order valence-corrected chi connectivity index (χ1v) is 6.76. The number of anilines is 1. The van der Waals surface area contributed by atoms with Crippen LogP contribution in [0.4, 0.5) is 5.69 Å². The van der Waals surface area contributed by atoms with Crippen LogP contribution in [0.3, 0.4) is 0 Å². The van der Waals surface area contributed by atoms with Crippen LogP contribution in [0, 0.1) is 0 Å². The molecule has 1 nitrogen and oxygen atoms in total. The highest BCUT2D eigenvalue weighted by molar-refractivity contribution is 5.87. The fourth-order valence-corrected chi connectivity index (χ4v) is 2.85. The van der Waals surface area contributed by atoms with Crippen molar-refractivity contribution in [3.63, 3.8) is 0 Å². The first-order chi connectivity index (χ1) is 9.40. The third-order valence-corrected chi connectivity index (χ3v) is 3.90. The summed E-state index contributed by atoms with van der Waals surface area (Å²) in [6, 6.07) is 21.9. The monoisotopic (exact) mass is 245 g/mol. The molecule has 0 saturated heterocycles. The summed E-state index contributed by atoms with van der Waals surface area (Å²) in [5.74, 6) is 0. The van der Waals surface area contributed by atoms with Crippen LogP contribution < -0.4 is 5.32 Å². The Bertz CT molecular complexity index is 758. The molecule has 4 rings (SSSR count). The number of fused-ring (bicyclic) bond motifs is 2. The molecule has 3 aromatic carbocycles. The number of hydrogen-bond donors (Lipinski definition) is 1. The van der Waals surface area contributed by atoms with Gasteiger partial charge in [0.2, 0.25) is 0 Å². The maximum Gasteiger partial charge on any atom is 0.0373 e. The van der Waals surface area contributed by atoms with E-state index in [1.54, 1.807) is 0 Å². The van der Waals surface area contributed by atoms with Gasteiger partial charge in [-0.1, -0.05) is 42.5 Å². The Morgan fingerprint density at radius 2 is 1.53 bits per heavy atom. The summed E-state index contributed by atoms with van der Waals surface area (Å²) in [5.41, 5.74) is 5.34. The molecule has 92 valence electrons. The van der Waals surface area contributed by atoms with Crippen molar-refractivity contribution >= 4 is 16.5 Å². The molecule has 0 saturated carbocycles. The predicted molar refractivity (Wildman–Crippen MR) is 81.6 cm³/mol. The Hall–Kier alpha value is -2.28. The molecule has 1 heterocycles. The van der Waals surface area contributed by atoms with Crippen molar-refractivity contribution in [3.8, 4) is 11.1 Å². The molecule has 0 fully saturated rings. The van der Waals surface area contributed by atoms with Crippen molar-refractivity contribution in [2.75, 3.05) is 11.9 Å². The van der Waals surface area contributed by atoms with Crippen molar-refractivity contribution in [1.82, 2.24) is 0 Å². The van der Waals surface area contributed by atoms with Gasteiger partial charge in [0, 0.05) is 12.2 Å². The largest absolute Gasteiger partial charge is 0.384 e. The Balaban J connectivity index is 1.85. The van der Waals surface area contributed by atoms with Gasteiger partial charge in [0.25, 0.3) is 0 Å². The first kappa shape index (κ1) is 10.6. The summed E-state index contributed by atoms with van der Waals surface area (Å²) in [6.45, 7) is 1.07. The minimum Gasteiger partial charge on any atom is -0.384 e. The van der Waals surface area contributed by atoms with E-state index in [1.807, 2.05) is 0 Å². The molecule has 1 aliphatic rings. The van der Waals surface area contributed by atoms with Gasteiger partial charge in [-0.15, -0.1) is 0 Å². The second-order valence-corrected chi connectivity index (χ2v) is 5.11. The molecular weight excluding hydrogens is 230 g/mol. The summed E-state index contributed by atoms with van der Waals surface area (Å²) in [7, 11) is 0. The lowest BCUT2D eigenvalue weighted by molar-refractivity contribution is 1.11. The van der Waals surface area contributed by atoms with E-state index in [0.29, 0.717) is 0 Å². The normalized spacial score (nSPS) is 13.3. The Kier molecular flexibility index (Phi) is 2.31. The highest BCUT2D eigenvalue weighted by atomic mass is 14.9. The van der Waals surface area contributed by atoms with Gasteiger partial charge < -0.3 is 5.32 Å². The molecular formula is C18H15N. The second kappa shape index (κ2) is 4.13. The van der Waals surface area contributed by atoms with Crippen LogP contribution in [-0.4, -0.2) is 6.54 Å². The standard InChI is InChI=1S/C18H15N/c1-2-4-14-11-15(6-5-13(14)3-1)16-7-8-18-17(12-16)9-10-19-18/h1-8,11-12,19H,9-10H2. The predicted octanol–water partition coefficient (Wildman–Crippen LogP) is 4.47. The molecule has 1 aliphatic heterocycles. The van der Waals surface area contributed by atoms with E-state index in [-0.39, 0.29) is 0 Å². The third kappa shape index (κ3) is 1.78. The zero-order chi connectivity index (χ0) is 12.7. The van der Waals surface area contributed by atoms with Gasteiger partial charge in [-0.25, -0.2) is 0 Å². The van der Waals surface area contributed by atoms with Crippen molar-refractivity contribution < 1.29 is 0 Å². The number of hydrogen-bond acceptors (Lipinski definition) is 1. The third-order valence-electron chi connectivity index (χ3n) is 3.90. The molecule has 3 aromatic rings. The maximum absolute atomic E-state index is 3.41. The highest BCUT2D eigenvalue weighted by Crippen LogP contribution is 2.30. The molecule has 0 amide bonds. The van der Waals surface area contributed by atoms with Crippen LogP contribution in [0.2, 0.25) is 0 Å². The van der Waals surface area contributed by atoms with Crippen LogP contribution in [-0.2, 0) is 6.42 Å². The first-order valence-electron chi connectivity index (χ1n) is 6.76. The Morgan fingerprint density at radius 3 is 2.47 bits per heavy atom. The SMILES string of the molecule is c1ccc2cc(-c3ccc4c(c3)CCN4)ccc2c1. The fourth-order valence-electron chi connectivity index (χ4n) is 2.85. The molecule has 19 heavy (non-hydrogen) atoms. The topological polar surface area (TPSA) is 12.0 Å². The Morgan fingerprint density at radius 1 is 0.737 bits per heavy atom. The zero-order valence-corrected chi connectivity index (χ0v) is 10.7. The molecule has 0 aliphatic carbocycles. The van der Waals surface area contributed by atoms with Crippen LogP contribution >= 0.6 is 0 Å². The maximum atomic E-state index is 3.41. The minimum absolute atomic E-state index is 1.07. The number of benzene rings is 3. The average Bonchev–Trinajstić information content (AvgIpc) is 2.94. The van der Waals surface area contributed by atoms with E-state index in [9.17, 15) is 0 Å². The molecule has 0 atom stereocenters. The fraction of sp³-hybridized carbons (Fsp3) is 0.111. The summed E-state index contributed by atoms with van der Waals surface area (Å²) in [6.07, 6.45) is 1.14. The minimum atomic E-state index is 1.07. The second-order valence-electron chi connectivity index (χ2n) is 5.11. The molecule has 0 radical (unpaired) electrons. The number of rotatable bonds is 1. The van der Waals surface area contributed by atoms with E-state index in [0.717, 1.165) is 13.0 Å². The molecule has 0 spiro atoms. The van der Waals surface area contributed by atoms with Crippen LogP contribution in [0.15, 0.2) is 60.7 Å². The summed E-state index contributed by atoms with van der Waals surface area (Å²) >= 11 is 0. The summed E-state index contributed by atoms with van der Waals surface area (Å²) < 4.78 is 0. The van der Waals surface area contributed by atoms with E-state index >= 15 is 0 Å². The lowest BCUT2D eigenvalue weighted by Gasteiger charge is -2.06. The lowest BCUT2D eigenvalue weighted by Crippen LogP contribution is -1.90. The average molecular weight is 245 g/mol. The van der Waals surface area contributed by atoms with Gasteiger partial charge >= 0.3 is 0 Å². The molecule has 1 heteroatoms. The van der Waals surface area contributed by atoms with E-state index in [2.05, 4.69) is 66.0 Å². The lowest BCUT2D eigenvalue weighted by atomic mass is 9.99. The molecule has 1 N–H and O–H groups in total. The van der Waals surface area contributed by atoms with Gasteiger partial charge in [-0.05, 0) is 52.1 Å². The van der Waals surface area contributed by atoms with Crippen LogP contribution in [0.1, 0.15) is 5.56 Å². The van der Waals surface area contributed by atoms with E-state index < -0.39 is 0 Å². The smallest absolute Gasteiger partial charge is 0.0373 e. The van der Waals surface area contributed by atoms with E-state index in [4.69, 9.17) is 0 Å². The number of nitrogens with one attached hydrogen (secondary N) is 1. The summed E-state index contributed by atoms with van der Waals surface area (Å²) in [4.78, 5) is 0. The molecule has 0 bridgehead atoms.